The van der Waals surface area contributed by atoms with Gasteiger partial charge in [-0.15, -0.1) is 0 Å². The molecule has 1 aromatic carbocycles. The second-order valence-electron chi connectivity index (χ2n) is 5.27. The number of ether oxygens (including phenoxy) is 1. The Balaban J connectivity index is 2.00. The minimum Gasteiger partial charge on any atom is -0.496 e. The van der Waals surface area contributed by atoms with Crippen molar-refractivity contribution in [1.82, 2.24) is 4.98 Å². The quantitative estimate of drug-likeness (QED) is 0.793. The van der Waals surface area contributed by atoms with Gasteiger partial charge >= 0.3 is 0 Å². The van der Waals surface area contributed by atoms with Gasteiger partial charge in [0.15, 0.2) is 0 Å². The van der Waals surface area contributed by atoms with Crippen molar-refractivity contribution < 1.29 is 9.13 Å². The molecule has 1 aliphatic rings. The monoisotopic (exact) mass is 291 g/mol. The maximum absolute atomic E-state index is 13.8. The van der Waals surface area contributed by atoms with Crippen molar-refractivity contribution in [3.63, 3.8) is 0 Å². The van der Waals surface area contributed by atoms with Crippen LogP contribution in [0.1, 0.15) is 43.6 Å². The summed E-state index contributed by atoms with van der Waals surface area (Å²) in [6.07, 6.45) is 6.37. The van der Waals surface area contributed by atoms with Crippen LogP contribution in [0, 0.1) is 5.13 Å². The molecule has 1 aromatic heterocycles. The molecular weight excluding hydrogens is 273 g/mol. The fourth-order valence-corrected chi connectivity index (χ4v) is 3.53. The van der Waals surface area contributed by atoms with Crippen LogP contribution in [0.5, 0.6) is 5.75 Å². The molecule has 0 radical (unpaired) electrons. The van der Waals surface area contributed by atoms with Crippen LogP contribution in [0.3, 0.4) is 0 Å². The van der Waals surface area contributed by atoms with Crippen LogP contribution in [0.15, 0.2) is 23.7 Å². The first-order valence-electron chi connectivity index (χ1n) is 7.07. The SMILES string of the molecule is COc1ccc(C2CCCCC2)cc1-c1ncsc1F. The molecular formula is C16H18FNOS. The lowest BCUT2D eigenvalue weighted by Gasteiger charge is -2.22. The van der Waals surface area contributed by atoms with Crippen LogP contribution in [0.4, 0.5) is 4.39 Å². The van der Waals surface area contributed by atoms with Gasteiger partial charge in [0.2, 0.25) is 5.13 Å². The summed E-state index contributed by atoms with van der Waals surface area (Å²) in [5, 5.41) is -0.246. The number of aromatic nitrogens is 1. The molecule has 4 heteroatoms. The Morgan fingerprint density at radius 2 is 2.05 bits per heavy atom. The normalized spacial score (nSPS) is 16.3. The second-order valence-corrected chi connectivity index (χ2v) is 6.07. The van der Waals surface area contributed by atoms with Crippen LogP contribution in [0.25, 0.3) is 11.3 Å². The van der Waals surface area contributed by atoms with E-state index in [0.717, 1.165) is 16.9 Å². The van der Waals surface area contributed by atoms with Crippen molar-refractivity contribution >= 4 is 11.3 Å². The van der Waals surface area contributed by atoms with E-state index in [1.165, 1.54) is 43.2 Å². The maximum Gasteiger partial charge on any atom is 0.204 e. The Morgan fingerprint density at radius 3 is 2.70 bits per heavy atom. The van der Waals surface area contributed by atoms with Crippen molar-refractivity contribution in [3.8, 4) is 17.0 Å². The van der Waals surface area contributed by atoms with E-state index in [4.69, 9.17) is 4.74 Å². The summed E-state index contributed by atoms with van der Waals surface area (Å²) in [5.74, 6) is 1.28. The van der Waals surface area contributed by atoms with Gasteiger partial charge in [-0.1, -0.05) is 36.7 Å². The van der Waals surface area contributed by atoms with Crippen LogP contribution >= 0.6 is 11.3 Å². The Kier molecular flexibility index (Phi) is 4.01. The number of nitrogens with zero attached hydrogens (tertiary/aromatic N) is 1. The number of rotatable bonds is 3. The second kappa shape index (κ2) is 5.92. The van der Waals surface area contributed by atoms with E-state index in [-0.39, 0.29) is 5.13 Å². The fraction of sp³-hybridized carbons (Fsp3) is 0.438. The highest BCUT2D eigenvalue weighted by Crippen LogP contribution is 2.38. The molecule has 0 atom stereocenters. The average molecular weight is 291 g/mol. The van der Waals surface area contributed by atoms with E-state index in [0.29, 0.717) is 17.4 Å². The molecule has 2 aromatic rings. The highest BCUT2D eigenvalue weighted by Gasteiger charge is 2.19. The van der Waals surface area contributed by atoms with E-state index in [9.17, 15) is 4.39 Å². The Hall–Kier alpha value is -1.42. The van der Waals surface area contributed by atoms with Crippen LogP contribution in [0.2, 0.25) is 0 Å². The molecule has 1 fully saturated rings. The average Bonchev–Trinajstić information content (AvgIpc) is 2.93. The molecule has 20 heavy (non-hydrogen) atoms. The van der Waals surface area contributed by atoms with Gasteiger partial charge < -0.3 is 4.74 Å². The minimum absolute atomic E-state index is 0.246. The standard InChI is InChI=1S/C16H18FNOS/c1-19-14-8-7-12(11-5-3-2-4-6-11)9-13(14)15-16(17)20-10-18-15/h7-11H,2-6H2,1H3. The van der Waals surface area contributed by atoms with Gasteiger partial charge in [-0.2, -0.15) is 4.39 Å². The summed E-state index contributed by atoms with van der Waals surface area (Å²) in [5.41, 5.74) is 4.00. The third-order valence-corrected chi connectivity index (χ3v) is 4.69. The lowest BCUT2D eigenvalue weighted by atomic mass is 9.83. The van der Waals surface area contributed by atoms with Crippen molar-refractivity contribution in [1.29, 1.82) is 0 Å². The first kappa shape index (κ1) is 13.6. The fourth-order valence-electron chi connectivity index (χ4n) is 3.01. The molecule has 3 rings (SSSR count). The number of methoxy groups -OCH3 is 1. The smallest absolute Gasteiger partial charge is 0.204 e. The van der Waals surface area contributed by atoms with Gasteiger partial charge in [0.25, 0.3) is 0 Å². The summed E-state index contributed by atoms with van der Waals surface area (Å²) < 4.78 is 19.2. The molecule has 2 nitrogen and oxygen atoms in total. The molecule has 0 saturated heterocycles. The first-order chi connectivity index (χ1) is 9.79. The highest BCUT2D eigenvalue weighted by atomic mass is 32.1. The third kappa shape index (κ3) is 2.57. The number of hydrogen-bond acceptors (Lipinski definition) is 3. The Labute approximate surface area is 122 Å². The van der Waals surface area contributed by atoms with E-state index in [1.54, 1.807) is 7.11 Å². The van der Waals surface area contributed by atoms with Gasteiger partial charge in [0.1, 0.15) is 11.4 Å². The van der Waals surface area contributed by atoms with Gasteiger partial charge in [-0.05, 0) is 36.5 Å². The third-order valence-electron chi connectivity index (χ3n) is 4.08. The predicted molar refractivity (Wildman–Crippen MR) is 79.9 cm³/mol. The molecule has 1 heterocycles. The molecule has 1 aliphatic carbocycles. The largest absolute Gasteiger partial charge is 0.496 e. The zero-order valence-electron chi connectivity index (χ0n) is 11.6. The number of thiazole rings is 1. The molecule has 0 N–H and O–H groups in total. The van der Waals surface area contributed by atoms with Crippen molar-refractivity contribution in [2.75, 3.05) is 7.11 Å². The molecule has 1 saturated carbocycles. The van der Waals surface area contributed by atoms with Crippen LogP contribution in [-0.4, -0.2) is 12.1 Å². The van der Waals surface area contributed by atoms with E-state index < -0.39 is 0 Å². The maximum atomic E-state index is 13.8. The Morgan fingerprint density at radius 1 is 1.25 bits per heavy atom. The highest BCUT2D eigenvalue weighted by molar-refractivity contribution is 7.08. The Bertz CT molecular complexity index is 590. The topological polar surface area (TPSA) is 22.1 Å². The van der Waals surface area contributed by atoms with E-state index >= 15 is 0 Å². The van der Waals surface area contributed by atoms with E-state index in [2.05, 4.69) is 17.1 Å². The minimum atomic E-state index is -0.246. The summed E-state index contributed by atoms with van der Waals surface area (Å²) in [4.78, 5) is 4.14. The lowest BCUT2D eigenvalue weighted by molar-refractivity contribution is 0.414. The predicted octanol–water partition coefficient (Wildman–Crippen LogP) is 5.01. The number of hydrogen-bond donors (Lipinski definition) is 0. The molecule has 0 spiro atoms. The van der Waals surface area contributed by atoms with Gasteiger partial charge in [-0.25, -0.2) is 4.98 Å². The van der Waals surface area contributed by atoms with Crippen LogP contribution in [-0.2, 0) is 0 Å². The summed E-state index contributed by atoms with van der Waals surface area (Å²) in [6, 6.07) is 6.12. The van der Waals surface area contributed by atoms with Gasteiger partial charge in [-0.3, -0.25) is 0 Å². The van der Waals surface area contributed by atoms with Gasteiger partial charge in [0.05, 0.1) is 12.6 Å². The first-order valence-corrected chi connectivity index (χ1v) is 7.95. The zero-order chi connectivity index (χ0) is 13.9. The number of benzene rings is 1. The summed E-state index contributed by atoms with van der Waals surface area (Å²) in [6.45, 7) is 0. The lowest BCUT2D eigenvalue weighted by Crippen LogP contribution is -2.05. The number of halogens is 1. The molecule has 0 bridgehead atoms. The summed E-state index contributed by atoms with van der Waals surface area (Å²) in [7, 11) is 1.61. The zero-order valence-corrected chi connectivity index (χ0v) is 12.4. The van der Waals surface area contributed by atoms with Crippen molar-refractivity contribution in [2.45, 2.75) is 38.0 Å². The molecule has 0 aliphatic heterocycles. The van der Waals surface area contributed by atoms with Gasteiger partial charge in [0, 0.05) is 5.56 Å². The molecule has 106 valence electrons. The molecule has 0 unspecified atom stereocenters. The van der Waals surface area contributed by atoms with Crippen molar-refractivity contribution in [3.05, 3.63) is 34.4 Å². The molecule has 0 amide bonds. The van der Waals surface area contributed by atoms with Crippen LogP contribution < -0.4 is 4.74 Å². The summed E-state index contributed by atoms with van der Waals surface area (Å²) >= 11 is 1.03. The van der Waals surface area contributed by atoms with Crippen molar-refractivity contribution in [2.24, 2.45) is 0 Å². The van der Waals surface area contributed by atoms with E-state index in [1.807, 2.05) is 6.07 Å².